The van der Waals surface area contributed by atoms with Crippen LogP contribution in [0.25, 0.3) is 22.4 Å². The van der Waals surface area contributed by atoms with Crippen LogP contribution in [0.3, 0.4) is 0 Å². The number of aromatic nitrogens is 3. The molecule has 2 aromatic heterocycles. The number of nitrogens with zero attached hydrogens (tertiary/aromatic N) is 3. The molecule has 2 aromatic carbocycles. The number of fused-ring (bicyclic) bond motifs is 1. The first kappa shape index (κ1) is 27.2. The molecule has 1 aliphatic heterocycles. The number of piperazine rings is 1. The predicted molar refractivity (Wildman–Crippen MR) is 157 cm³/mol. The monoisotopic (exact) mass is 596 g/mol. The smallest absolute Gasteiger partial charge is 0.261 e. The van der Waals surface area contributed by atoms with Gasteiger partial charge in [-0.25, -0.2) is 4.98 Å². The van der Waals surface area contributed by atoms with Gasteiger partial charge in [-0.3, -0.25) is 9.69 Å². The van der Waals surface area contributed by atoms with Crippen molar-refractivity contribution in [1.29, 1.82) is 0 Å². The number of ether oxygens (including phenoxy) is 1. The van der Waals surface area contributed by atoms with Crippen LogP contribution in [-0.4, -0.2) is 83.1 Å². The van der Waals surface area contributed by atoms with Crippen molar-refractivity contribution in [3.8, 4) is 17.1 Å². The number of aromatic amines is 2. The fourth-order valence-electron chi connectivity index (χ4n) is 5.02. The van der Waals surface area contributed by atoms with E-state index >= 15 is 0 Å². The van der Waals surface area contributed by atoms with E-state index in [1.807, 2.05) is 13.0 Å². The number of rotatable bonds is 9. The van der Waals surface area contributed by atoms with Crippen LogP contribution in [0.1, 0.15) is 17.2 Å². The Morgan fingerprint density at radius 1 is 1.18 bits per heavy atom. The van der Waals surface area contributed by atoms with Crippen LogP contribution < -0.4 is 20.5 Å². The Balaban J connectivity index is 1.38. The molecular formula is C28H33BrN6O4. The van der Waals surface area contributed by atoms with Gasteiger partial charge in [0.15, 0.2) is 0 Å². The topological polar surface area (TPSA) is 130 Å². The highest BCUT2D eigenvalue weighted by atomic mass is 79.9. The molecule has 1 aliphatic rings. The zero-order valence-electron chi connectivity index (χ0n) is 22.0. The summed E-state index contributed by atoms with van der Waals surface area (Å²) in [6, 6.07) is 11.4. The normalized spacial score (nSPS) is 15.1. The first-order chi connectivity index (χ1) is 18.9. The molecule has 1 saturated heterocycles. The number of hydrogen-bond acceptors (Lipinski definition) is 8. The van der Waals surface area contributed by atoms with Gasteiger partial charge in [0, 0.05) is 51.2 Å². The third-order valence-electron chi connectivity index (χ3n) is 7.16. The van der Waals surface area contributed by atoms with E-state index in [2.05, 4.69) is 53.1 Å². The summed E-state index contributed by atoms with van der Waals surface area (Å²) >= 11 is 3.46. The van der Waals surface area contributed by atoms with Crippen LogP contribution in [0.5, 0.6) is 5.75 Å². The molecule has 4 aromatic rings. The van der Waals surface area contributed by atoms with Gasteiger partial charge in [0.25, 0.3) is 5.56 Å². The second kappa shape index (κ2) is 11.8. The minimum atomic E-state index is -0.808. The van der Waals surface area contributed by atoms with Crippen molar-refractivity contribution in [3.05, 3.63) is 68.5 Å². The highest BCUT2D eigenvalue weighted by Gasteiger charge is 2.20. The Hall–Kier alpha value is -3.38. The Morgan fingerprint density at radius 3 is 2.69 bits per heavy atom. The van der Waals surface area contributed by atoms with Gasteiger partial charge in [0.2, 0.25) is 0 Å². The van der Waals surface area contributed by atoms with E-state index in [9.17, 15) is 15.0 Å². The van der Waals surface area contributed by atoms with Crippen molar-refractivity contribution < 1.29 is 14.9 Å². The lowest BCUT2D eigenvalue weighted by Crippen LogP contribution is -2.47. The molecule has 0 unspecified atom stereocenters. The number of halogens is 1. The number of H-pyrrole nitrogens is 2. The first-order valence-corrected chi connectivity index (χ1v) is 13.7. The molecule has 0 spiro atoms. The summed E-state index contributed by atoms with van der Waals surface area (Å²) in [5.41, 5.74) is 5.18. The molecule has 5 N–H and O–H groups in total. The van der Waals surface area contributed by atoms with Gasteiger partial charge in [-0.05, 0) is 64.3 Å². The molecule has 0 aliphatic carbocycles. The Bertz CT molecular complexity index is 1510. The molecular weight excluding hydrogens is 564 g/mol. The third-order valence-corrected chi connectivity index (χ3v) is 7.78. The molecule has 39 heavy (non-hydrogen) atoms. The summed E-state index contributed by atoms with van der Waals surface area (Å²) in [7, 11) is 1.59. The molecule has 10 nitrogen and oxygen atoms in total. The summed E-state index contributed by atoms with van der Waals surface area (Å²) in [5, 5.41) is 23.2. The van der Waals surface area contributed by atoms with Crippen molar-refractivity contribution in [1.82, 2.24) is 19.9 Å². The number of aryl methyl sites for hydroxylation is 1. The van der Waals surface area contributed by atoms with Crippen molar-refractivity contribution in [3.63, 3.8) is 0 Å². The number of aliphatic hydroxyl groups is 2. The van der Waals surface area contributed by atoms with Crippen LogP contribution in [0.2, 0.25) is 0 Å². The fourth-order valence-corrected chi connectivity index (χ4v) is 5.58. The largest absolute Gasteiger partial charge is 0.496 e. The van der Waals surface area contributed by atoms with Gasteiger partial charge in [-0.2, -0.15) is 0 Å². The Labute approximate surface area is 234 Å². The van der Waals surface area contributed by atoms with Gasteiger partial charge >= 0.3 is 0 Å². The van der Waals surface area contributed by atoms with Crippen molar-refractivity contribution in [2.24, 2.45) is 0 Å². The maximum Gasteiger partial charge on any atom is 0.261 e. The average molecular weight is 598 g/mol. The summed E-state index contributed by atoms with van der Waals surface area (Å²) in [5.74, 6) is 1.15. The van der Waals surface area contributed by atoms with E-state index in [1.54, 1.807) is 31.5 Å². The SMILES string of the molecule is COc1ccc([C@H](O)CNc2cc[nH]c(=O)c2-c2nc3c(C)cc(N4CCN(CCO)CC4)cc3[nH]2)cc1Br. The molecule has 1 atom stereocenters. The highest BCUT2D eigenvalue weighted by molar-refractivity contribution is 9.10. The average Bonchev–Trinajstić information content (AvgIpc) is 3.36. The molecule has 0 saturated carbocycles. The molecule has 0 bridgehead atoms. The number of hydrogen-bond donors (Lipinski definition) is 5. The van der Waals surface area contributed by atoms with Crippen LogP contribution in [-0.2, 0) is 0 Å². The molecule has 11 heteroatoms. The van der Waals surface area contributed by atoms with E-state index in [0.717, 1.165) is 52.9 Å². The zero-order valence-corrected chi connectivity index (χ0v) is 23.6. The summed E-state index contributed by atoms with van der Waals surface area (Å²) in [6.45, 7) is 6.66. The molecule has 0 amide bonds. The van der Waals surface area contributed by atoms with E-state index in [4.69, 9.17) is 9.72 Å². The molecule has 1 fully saturated rings. The summed E-state index contributed by atoms with van der Waals surface area (Å²) in [4.78, 5) is 28.5. The molecule has 3 heterocycles. The van der Waals surface area contributed by atoms with Gasteiger partial charge in [-0.15, -0.1) is 0 Å². The van der Waals surface area contributed by atoms with E-state index < -0.39 is 6.10 Å². The predicted octanol–water partition coefficient (Wildman–Crippen LogP) is 3.26. The number of aliphatic hydroxyl groups excluding tert-OH is 2. The van der Waals surface area contributed by atoms with Crippen LogP contribution in [0.4, 0.5) is 11.4 Å². The lowest BCUT2D eigenvalue weighted by molar-refractivity contribution is 0.189. The van der Waals surface area contributed by atoms with Gasteiger partial charge in [-0.1, -0.05) is 6.07 Å². The second-order valence-electron chi connectivity index (χ2n) is 9.68. The number of imidazole rings is 1. The highest BCUT2D eigenvalue weighted by Crippen LogP contribution is 2.31. The number of β-amino-alcohol motifs (C(OH)–C–C–N with tert-alkyl or cyclic N) is 1. The number of pyridine rings is 1. The lowest BCUT2D eigenvalue weighted by atomic mass is 10.1. The van der Waals surface area contributed by atoms with Crippen LogP contribution in [0, 0.1) is 6.92 Å². The van der Waals surface area contributed by atoms with Crippen molar-refractivity contribution >= 4 is 38.3 Å². The van der Waals surface area contributed by atoms with Gasteiger partial charge < -0.3 is 35.1 Å². The van der Waals surface area contributed by atoms with Gasteiger partial charge in [0.1, 0.15) is 17.1 Å². The summed E-state index contributed by atoms with van der Waals surface area (Å²) < 4.78 is 6.02. The second-order valence-corrected chi connectivity index (χ2v) is 10.5. The molecule has 0 radical (unpaired) electrons. The maximum atomic E-state index is 13.0. The zero-order chi connectivity index (χ0) is 27.5. The van der Waals surface area contributed by atoms with Crippen molar-refractivity contribution in [2.45, 2.75) is 13.0 Å². The number of benzene rings is 2. The standard InChI is InChI=1S/C28H33BrN6O4/c1-17-13-19(35-9-7-34(8-10-35)11-12-36)15-22-26(17)33-27(32-22)25-21(5-6-30-28(25)38)31-16-23(37)18-3-4-24(39-2)20(29)14-18/h3-6,13-15,23,36-37H,7-12,16H2,1-2H3,(H,32,33)(H2,30,31,38)/t23-/m1/s1. The summed E-state index contributed by atoms with van der Waals surface area (Å²) in [6.07, 6.45) is 0.769. The van der Waals surface area contributed by atoms with E-state index in [1.165, 1.54) is 0 Å². The van der Waals surface area contributed by atoms with Gasteiger partial charge in [0.05, 0.1) is 41.0 Å². The Morgan fingerprint density at radius 2 is 1.97 bits per heavy atom. The fraction of sp³-hybridized carbons (Fsp3) is 0.357. The number of nitrogens with one attached hydrogen (secondary N) is 3. The third kappa shape index (κ3) is 5.81. The van der Waals surface area contributed by atoms with Crippen molar-refractivity contribution in [2.75, 3.05) is 63.2 Å². The maximum absolute atomic E-state index is 13.0. The molecule has 206 valence electrons. The molecule has 5 rings (SSSR count). The van der Waals surface area contributed by atoms with E-state index in [-0.39, 0.29) is 18.7 Å². The lowest BCUT2D eigenvalue weighted by Gasteiger charge is -2.35. The number of anilines is 2. The first-order valence-electron chi connectivity index (χ1n) is 12.9. The van der Waals surface area contributed by atoms with E-state index in [0.29, 0.717) is 34.9 Å². The number of methoxy groups -OCH3 is 1. The Kier molecular flexibility index (Phi) is 8.22. The minimum Gasteiger partial charge on any atom is -0.496 e. The van der Waals surface area contributed by atoms with Crippen LogP contribution in [0.15, 0.2) is 51.9 Å². The van der Waals surface area contributed by atoms with Crippen LogP contribution >= 0.6 is 15.9 Å². The quantitative estimate of drug-likeness (QED) is 0.199. The minimum absolute atomic E-state index is 0.176.